The Morgan fingerprint density at radius 2 is 2.18 bits per heavy atom. The number of rotatable bonds is 3. The summed E-state index contributed by atoms with van der Waals surface area (Å²) in [5.74, 6) is 0.00102. The number of carbonyl (C=O) groups excluding carboxylic acids is 2. The maximum atomic E-state index is 10.8. The Balaban J connectivity index is 2.43. The van der Waals surface area contributed by atoms with E-state index >= 15 is 0 Å². The van der Waals surface area contributed by atoms with Gasteiger partial charge in [-0.05, 0) is 25.7 Å². The van der Waals surface area contributed by atoms with E-state index in [9.17, 15) is 9.59 Å². The third-order valence-electron chi connectivity index (χ3n) is 1.58. The Bertz CT molecular complexity index is 201. The molecular weight excluding hydrogens is 144 g/mol. The first-order chi connectivity index (χ1) is 5.24. The van der Waals surface area contributed by atoms with Gasteiger partial charge in [-0.25, -0.2) is 4.79 Å². The largest absolute Gasteiger partial charge is 0.392 e. The molecule has 60 valence electrons. The molecule has 0 aromatic heterocycles. The molecule has 1 aliphatic carbocycles. The lowest BCUT2D eigenvalue weighted by molar-refractivity contribution is -0.148. The molecule has 1 rings (SSSR count). The van der Waals surface area contributed by atoms with Gasteiger partial charge in [-0.15, -0.1) is 0 Å². The van der Waals surface area contributed by atoms with Crippen molar-refractivity contribution in [1.82, 2.24) is 0 Å². The molecule has 11 heavy (non-hydrogen) atoms. The van der Waals surface area contributed by atoms with E-state index in [-0.39, 0.29) is 6.47 Å². The second-order valence-electron chi connectivity index (χ2n) is 2.69. The summed E-state index contributed by atoms with van der Waals surface area (Å²) in [6.07, 6.45) is 4.14. The average Bonchev–Trinajstić information content (AvgIpc) is 2.72. The van der Waals surface area contributed by atoms with Crippen molar-refractivity contribution in [2.45, 2.75) is 19.8 Å². The van der Waals surface area contributed by atoms with Crippen LogP contribution in [0.4, 0.5) is 0 Å². The smallest absolute Gasteiger partial charge is 0.340 e. The third kappa shape index (κ3) is 2.53. The molecule has 0 aliphatic heterocycles. The standard InChI is InChI=1S/C8H10O3/c1-6(4-7-2-3-7)8(10)11-5-9/h4-5,7H,2-3H2,1H3. The van der Waals surface area contributed by atoms with Crippen LogP contribution in [-0.4, -0.2) is 12.4 Å². The van der Waals surface area contributed by atoms with Gasteiger partial charge in [-0.2, -0.15) is 0 Å². The Hall–Kier alpha value is -1.12. The first kappa shape index (κ1) is 7.98. The summed E-state index contributed by atoms with van der Waals surface area (Å²) >= 11 is 0. The Labute approximate surface area is 65.0 Å². The van der Waals surface area contributed by atoms with Crippen LogP contribution in [0, 0.1) is 5.92 Å². The van der Waals surface area contributed by atoms with Crippen LogP contribution < -0.4 is 0 Å². The Morgan fingerprint density at radius 1 is 1.55 bits per heavy atom. The lowest BCUT2D eigenvalue weighted by Crippen LogP contribution is -2.03. The normalized spacial score (nSPS) is 17.7. The highest BCUT2D eigenvalue weighted by Crippen LogP contribution is 2.31. The van der Waals surface area contributed by atoms with Gasteiger partial charge < -0.3 is 4.74 Å². The zero-order valence-electron chi connectivity index (χ0n) is 6.37. The number of esters is 1. The topological polar surface area (TPSA) is 43.4 Å². The molecule has 0 aromatic carbocycles. The molecule has 0 N–H and O–H groups in total. The molecule has 0 unspecified atom stereocenters. The molecule has 3 heteroatoms. The van der Waals surface area contributed by atoms with Crippen molar-refractivity contribution in [2.75, 3.05) is 0 Å². The molecule has 0 aromatic rings. The molecular formula is C8H10O3. The lowest BCUT2D eigenvalue weighted by Gasteiger charge is -1.94. The van der Waals surface area contributed by atoms with Crippen molar-refractivity contribution < 1.29 is 14.3 Å². The molecule has 3 nitrogen and oxygen atoms in total. The molecule has 0 saturated heterocycles. The molecule has 1 fully saturated rings. The van der Waals surface area contributed by atoms with Gasteiger partial charge in [0.2, 0.25) is 0 Å². The zero-order chi connectivity index (χ0) is 8.27. The maximum absolute atomic E-state index is 10.8. The first-order valence-electron chi connectivity index (χ1n) is 3.57. The molecule has 1 aliphatic rings. The van der Waals surface area contributed by atoms with Gasteiger partial charge in [0, 0.05) is 5.57 Å². The van der Waals surface area contributed by atoms with Gasteiger partial charge in [0.25, 0.3) is 0 Å². The number of carbonyl (C=O) groups is 2. The highest BCUT2D eigenvalue weighted by atomic mass is 16.6. The molecule has 0 spiro atoms. The predicted octanol–water partition coefficient (Wildman–Crippen LogP) is 1.04. The van der Waals surface area contributed by atoms with Crippen molar-refractivity contribution in [3.63, 3.8) is 0 Å². The molecule has 1 saturated carbocycles. The van der Waals surface area contributed by atoms with E-state index in [1.54, 1.807) is 6.92 Å². The third-order valence-corrected chi connectivity index (χ3v) is 1.58. The summed E-state index contributed by atoms with van der Waals surface area (Å²) in [6.45, 7) is 1.82. The van der Waals surface area contributed by atoms with E-state index in [1.807, 2.05) is 6.08 Å². The first-order valence-corrected chi connectivity index (χ1v) is 3.57. The van der Waals surface area contributed by atoms with Crippen LogP contribution in [0.3, 0.4) is 0 Å². The fraction of sp³-hybridized carbons (Fsp3) is 0.500. The van der Waals surface area contributed by atoms with Gasteiger partial charge in [0.1, 0.15) is 0 Å². The zero-order valence-corrected chi connectivity index (χ0v) is 6.37. The minimum Gasteiger partial charge on any atom is -0.392 e. The average molecular weight is 154 g/mol. The summed E-state index contributed by atoms with van der Waals surface area (Å²) < 4.78 is 4.14. The molecule has 0 heterocycles. The van der Waals surface area contributed by atoms with E-state index in [1.165, 1.54) is 0 Å². The van der Waals surface area contributed by atoms with Crippen LogP contribution >= 0.6 is 0 Å². The van der Waals surface area contributed by atoms with Gasteiger partial charge in [0.15, 0.2) is 0 Å². The van der Waals surface area contributed by atoms with Crippen molar-refractivity contribution in [3.8, 4) is 0 Å². The molecule has 0 atom stereocenters. The van der Waals surface area contributed by atoms with E-state index in [0.29, 0.717) is 11.5 Å². The summed E-state index contributed by atoms with van der Waals surface area (Å²) in [5, 5.41) is 0. The van der Waals surface area contributed by atoms with E-state index in [0.717, 1.165) is 12.8 Å². The van der Waals surface area contributed by atoms with Gasteiger partial charge >= 0.3 is 12.4 Å². The summed E-state index contributed by atoms with van der Waals surface area (Å²) in [4.78, 5) is 20.5. The van der Waals surface area contributed by atoms with E-state index < -0.39 is 5.97 Å². The lowest BCUT2D eigenvalue weighted by atomic mass is 10.2. The van der Waals surface area contributed by atoms with Crippen LogP contribution in [0.25, 0.3) is 0 Å². The summed E-state index contributed by atoms with van der Waals surface area (Å²) in [7, 11) is 0. The van der Waals surface area contributed by atoms with Crippen molar-refractivity contribution in [3.05, 3.63) is 11.6 Å². The van der Waals surface area contributed by atoms with Crippen molar-refractivity contribution >= 4 is 12.4 Å². The minimum atomic E-state index is -0.535. The Kier molecular flexibility index (Phi) is 2.41. The summed E-state index contributed by atoms with van der Waals surface area (Å²) in [5.41, 5.74) is 0.527. The van der Waals surface area contributed by atoms with Crippen LogP contribution in [0.5, 0.6) is 0 Å². The van der Waals surface area contributed by atoms with Crippen LogP contribution in [0.15, 0.2) is 11.6 Å². The quantitative estimate of drug-likeness (QED) is 0.264. The predicted molar refractivity (Wildman–Crippen MR) is 38.6 cm³/mol. The second kappa shape index (κ2) is 3.32. The highest BCUT2D eigenvalue weighted by Gasteiger charge is 2.20. The van der Waals surface area contributed by atoms with Gasteiger partial charge in [-0.3, -0.25) is 4.79 Å². The number of ether oxygens (including phenoxy) is 1. The monoisotopic (exact) mass is 154 g/mol. The van der Waals surface area contributed by atoms with Gasteiger partial charge in [-0.1, -0.05) is 6.08 Å². The van der Waals surface area contributed by atoms with Crippen LogP contribution in [0.1, 0.15) is 19.8 Å². The Morgan fingerprint density at radius 3 is 2.64 bits per heavy atom. The minimum absolute atomic E-state index is 0.159. The van der Waals surface area contributed by atoms with Crippen molar-refractivity contribution in [1.29, 1.82) is 0 Å². The fourth-order valence-electron chi connectivity index (χ4n) is 0.821. The second-order valence-corrected chi connectivity index (χ2v) is 2.69. The van der Waals surface area contributed by atoms with E-state index in [4.69, 9.17) is 0 Å². The number of hydrogen-bond donors (Lipinski definition) is 0. The maximum Gasteiger partial charge on any atom is 0.340 e. The SMILES string of the molecule is CC(=CC1CC1)C(=O)OC=O. The van der Waals surface area contributed by atoms with Gasteiger partial charge in [0.05, 0.1) is 0 Å². The fourth-order valence-corrected chi connectivity index (χ4v) is 0.821. The van der Waals surface area contributed by atoms with E-state index in [2.05, 4.69) is 4.74 Å². The number of hydrogen-bond acceptors (Lipinski definition) is 3. The molecule has 0 amide bonds. The van der Waals surface area contributed by atoms with Crippen LogP contribution in [0.2, 0.25) is 0 Å². The molecule has 0 bridgehead atoms. The van der Waals surface area contributed by atoms with Crippen LogP contribution in [-0.2, 0) is 14.3 Å². The highest BCUT2D eigenvalue weighted by molar-refractivity contribution is 5.91. The number of allylic oxidation sites excluding steroid dienone is 1. The summed E-state index contributed by atoms with van der Waals surface area (Å²) in [6, 6.07) is 0. The van der Waals surface area contributed by atoms with Crippen molar-refractivity contribution in [2.24, 2.45) is 5.92 Å². The molecule has 0 radical (unpaired) electrons.